The summed E-state index contributed by atoms with van der Waals surface area (Å²) in [5.41, 5.74) is 1.41. The molecule has 5 aliphatic rings. The van der Waals surface area contributed by atoms with E-state index in [9.17, 15) is 4.79 Å². The molecule has 1 aliphatic heterocycles. The fourth-order valence-corrected chi connectivity index (χ4v) is 6.16. The van der Waals surface area contributed by atoms with Gasteiger partial charge in [-0.05, 0) is 86.5 Å². The molecule has 0 N–H and O–H groups in total. The quantitative estimate of drug-likeness (QED) is 0.379. The van der Waals surface area contributed by atoms with Crippen LogP contribution in [-0.2, 0) is 9.53 Å². The zero-order valence-corrected chi connectivity index (χ0v) is 16.7. The first-order valence-corrected chi connectivity index (χ1v) is 10.9. The molecule has 6 rings (SSSR count). The van der Waals surface area contributed by atoms with E-state index in [4.69, 9.17) is 14.5 Å². The second-order valence-corrected chi connectivity index (χ2v) is 9.30. The first-order valence-electron chi connectivity index (χ1n) is 10.9. The second kappa shape index (κ2) is 7.06. The summed E-state index contributed by atoms with van der Waals surface area (Å²) < 4.78 is 11.4. The minimum Gasteiger partial charge on any atom is -0.494 e. The van der Waals surface area contributed by atoms with Crippen LogP contribution in [0.25, 0.3) is 6.08 Å². The third-order valence-electron chi connectivity index (χ3n) is 7.06. The van der Waals surface area contributed by atoms with Crippen LogP contribution in [0.5, 0.6) is 5.75 Å². The molecule has 4 heteroatoms. The molecule has 0 amide bonds. The molecule has 0 saturated heterocycles. The number of hydrogen-bond acceptors (Lipinski definition) is 4. The molecule has 0 unspecified atom stereocenters. The van der Waals surface area contributed by atoms with Crippen molar-refractivity contribution in [1.29, 1.82) is 0 Å². The Morgan fingerprint density at radius 1 is 1.11 bits per heavy atom. The van der Waals surface area contributed by atoms with E-state index < -0.39 is 0 Å². The summed E-state index contributed by atoms with van der Waals surface area (Å²) in [5.74, 6) is 3.70. The molecule has 0 atom stereocenters. The first-order chi connectivity index (χ1) is 13.6. The van der Waals surface area contributed by atoms with Crippen molar-refractivity contribution >= 4 is 17.9 Å². The topological polar surface area (TPSA) is 47.9 Å². The molecule has 4 fully saturated rings. The van der Waals surface area contributed by atoms with E-state index in [0.717, 1.165) is 67.8 Å². The number of nitrogens with zero attached hydrogens (tertiary/aromatic N) is 1. The minimum atomic E-state index is -0.297. The zero-order valence-electron chi connectivity index (χ0n) is 16.7. The second-order valence-electron chi connectivity index (χ2n) is 9.30. The Bertz CT molecular complexity index is 785. The van der Waals surface area contributed by atoms with E-state index in [1.807, 2.05) is 30.3 Å². The fourth-order valence-electron chi connectivity index (χ4n) is 6.16. The van der Waals surface area contributed by atoms with E-state index >= 15 is 0 Å². The standard InChI is InChI=1S/C24H29NO3/c1-2-3-8-27-20-6-4-16(5-7-20)12-21-22(26)28-23(25-21)24-13-17-9-18(14-24)11-19(10-17)15-24/h4-7,12,17-19H,2-3,8-11,13-15H2,1H3. The molecule has 1 aromatic rings. The van der Waals surface area contributed by atoms with Crippen LogP contribution in [0, 0.1) is 23.2 Å². The monoisotopic (exact) mass is 379 g/mol. The highest BCUT2D eigenvalue weighted by Crippen LogP contribution is 2.61. The van der Waals surface area contributed by atoms with Gasteiger partial charge >= 0.3 is 5.97 Å². The summed E-state index contributed by atoms with van der Waals surface area (Å²) in [6.45, 7) is 2.89. The van der Waals surface area contributed by atoms with Gasteiger partial charge in [-0.15, -0.1) is 0 Å². The van der Waals surface area contributed by atoms with E-state index in [0.29, 0.717) is 11.6 Å². The van der Waals surface area contributed by atoms with Crippen molar-refractivity contribution in [1.82, 2.24) is 0 Å². The van der Waals surface area contributed by atoms with Crippen molar-refractivity contribution in [2.45, 2.75) is 58.3 Å². The average Bonchev–Trinajstić information content (AvgIpc) is 3.04. The lowest BCUT2D eigenvalue weighted by atomic mass is 9.49. The van der Waals surface area contributed by atoms with Crippen LogP contribution >= 0.6 is 0 Å². The summed E-state index contributed by atoms with van der Waals surface area (Å²) in [6.07, 6.45) is 11.6. The van der Waals surface area contributed by atoms with Crippen molar-refractivity contribution in [2.75, 3.05) is 6.61 Å². The van der Waals surface area contributed by atoms with Gasteiger partial charge in [0.1, 0.15) is 5.75 Å². The van der Waals surface area contributed by atoms with Gasteiger partial charge in [-0.1, -0.05) is 25.5 Å². The molecule has 0 aromatic heterocycles. The summed E-state index contributed by atoms with van der Waals surface area (Å²) >= 11 is 0. The van der Waals surface area contributed by atoms with Crippen LogP contribution < -0.4 is 4.74 Å². The van der Waals surface area contributed by atoms with Crippen molar-refractivity contribution in [3.8, 4) is 5.75 Å². The van der Waals surface area contributed by atoms with Crippen LogP contribution in [-0.4, -0.2) is 18.5 Å². The Kier molecular flexibility index (Phi) is 4.53. The third-order valence-corrected chi connectivity index (χ3v) is 7.06. The van der Waals surface area contributed by atoms with Gasteiger partial charge in [0.2, 0.25) is 5.90 Å². The van der Waals surface area contributed by atoms with E-state index in [1.54, 1.807) is 0 Å². The lowest BCUT2D eigenvalue weighted by Gasteiger charge is -2.55. The number of rotatable bonds is 6. The SMILES string of the molecule is CCCCOc1ccc(C=C2N=C(C34CC5CC(CC(C5)C3)C4)OC2=O)cc1. The number of unbranched alkanes of at least 4 members (excludes halogenated alkanes) is 1. The Morgan fingerprint density at radius 2 is 1.75 bits per heavy atom. The predicted octanol–water partition coefficient (Wildman–Crippen LogP) is 5.38. The van der Waals surface area contributed by atoms with Crippen molar-refractivity contribution in [3.05, 3.63) is 35.5 Å². The van der Waals surface area contributed by atoms with Gasteiger partial charge in [0.15, 0.2) is 5.70 Å². The highest BCUT2D eigenvalue weighted by molar-refractivity contribution is 6.09. The van der Waals surface area contributed by atoms with Gasteiger partial charge in [-0.2, -0.15) is 0 Å². The fraction of sp³-hybridized carbons (Fsp3) is 0.583. The van der Waals surface area contributed by atoms with E-state index in [1.165, 1.54) is 19.3 Å². The normalized spacial score (nSPS) is 34.6. The van der Waals surface area contributed by atoms with Gasteiger partial charge < -0.3 is 9.47 Å². The number of hydrogen-bond donors (Lipinski definition) is 0. The summed E-state index contributed by atoms with van der Waals surface area (Å²) in [7, 11) is 0. The third kappa shape index (κ3) is 3.27. The molecule has 1 heterocycles. The highest BCUT2D eigenvalue weighted by Gasteiger charge is 2.55. The number of benzene rings is 1. The highest BCUT2D eigenvalue weighted by atomic mass is 16.6. The van der Waals surface area contributed by atoms with Crippen molar-refractivity contribution in [2.24, 2.45) is 28.2 Å². The lowest BCUT2D eigenvalue weighted by molar-refractivity contribution is -0.131. The molecule has 148 valence electrons. The van der Waals surface area contributed by atoms with Crippen LogP contribution in [0.2, 0.25) is 0 Å². The summed E-state index contributed by atoms with van der Waals surface area (Å²) in [6, 6.07) is 7.84. The molecule has 0 spiro atoms. The molecule has 28 heavy (non-hydrogen) atoms. The number of carbonyl (C=O) groups is 1. The average molecular weight is 380 g/mol. The predicted molar refractivity (Wildman–Crippen MR) is 109 cm³/mol. The van der Waals surface area contributed by atoms with Gasteiger partial charge in [-0.3, -0.25) is 0 Å². The van der Waals surface area contributed by atoms with Gasteiger partial charge in [0, 0.05) is 5.41 Å². The maximum absolute atomic E-state index is 12.5. The number of esters is 1. The maximum Gasteiger partial charge on any atom is 0.363 e. The number of cyclic esters (lactones) is 1. The van der Waals surface area contributed by atoms with Crippen LogP contribution in [0.1, 0.15) is 63.9 Å². The van der Waals surface area contributed by atoms with Gasteiger partial charge in [0.05, 0.1) is 6.61 Å². The number of carbonyl (C=O) groups excluding carboxylic acids is 1. The van der Waals surface area contributed by atoms with Crippen LogP contribution in [0.15, 0.2) is 35.0 Å². The summed E-state index contributed by atoms with van der Waals surface area (Å²) in [4.78, 5) is 17.2. The van der Waals surface area contributed by atoms with E-state index in [-0.39, 0.29) is 11.4 Å². The van der Waals surface area contributed by atoms with Crippen LogP contribution in [0.4, 0.5) is 0 Å². The lowest BCUT2D eigenvalue weighted by Crippen LogP contribution is -2.50. The molecular formula is C24H29NO3. The minimum absolute atomic E-state index is 0.0248. The molecule has 4 bridgehead atoms. The molecule has 4 aliphatic carbocycles. The Balaban J connectivity index is 1.33. The van der Waals surface area contributed by atoms with Crippen molar-refractivity contribution < 1.29 is 14.3 Å². The summed E-state index contributed by atoms with van der Waals surface area (Å²) in [5, 5.41) is 0. The largest absolute Gasteiger partial charge is 0.494 e. The Morgan fingerprint density at radius 3 is 2.36 bits per heavy atom. The Labute approximate surface area is 167 Å². The maximum atomic E-state index is 12.5. The first kappa shape index (κ1) is 18.0. The molecule has 0 radical (unpaired) electrons. The Hall–Kier alpha value is -2.10. The molecule has 1 aromatic carbocycles. The van der Waals surface area contributed by atoms with Gasteiger partial charge in [-0.25, -0.2) is 9.79 Å². The molecule has 4 saturated carbocycles. The van der Waals surface area contributed by atoms with Crippen molar-refractivity contribution in [3.63, 3.8) is 0 Å². The molecular weight excluding hydrogens is 350 g/mol. The van der Waals surface area contributed by atoms with Crippen LogP contribution in [0.3, 0.4) is 0 Å². The molecule has 4 nitrogen and oxygen atoms in total. The zero-order chi connectivity index (χ0) is 19.1. The number of aliphatic imine (C=N–C) groups is 1. The van der Waals surface area contributed by atoms with Gasteiger partial charge in [0.25, 0.3) is 0 Å². The van der Waals surface area contributed by atoms with E-state index in [2.05, 4.69) is 6.92 Å². The number of ether oxygens (including phenoxy) is 2. The smallest absolute Gasteiger partial charge is 0.363 e.